The second kappa shape index (κ2) is 12.5. The fraction of sp³-hybridized carbons (Fsp3) is 0. The lowest BCUT2D eigenvalue weighted by Crippen LogP contribution is -2.07. The number of nitrogens with zero attached hydrogens (tertiary/aromatic N) is 3. The molecule has 0 aliphatic heterocycles. The second-order valence-corrected chi connectivity index (χ2v) is 13.3. The standard InChI is InChI=1S/C45H30N4S/c46-44(33-26-27-42-39(28-33)36-17-8-10-21-41(36)50-42)48-45(47-29-30-22-24-32(25-23-30)31-12-3-1-4-13-31)38-19-11-18-37-35-16-7-9-20-40(35)49(43(37)38)34-14-5-2-6-15-34/h1-29,46H. The number of thiophene rings is 1. The molecule has 7 aromatic carbocycles. The van der Waals surface area contributed by atoms with Crippen molar-refractivity contribution < 1.29 is 0 Å². The summed E-state index contributed by atoms with van der Waals surface area (Å²) >= 11 is 1.77. The summed E-state index contributed by atoms with van der Waals surface area (Å²) < 4.78 is 4.71. The zero-order valence-corrected chi connectivity index (χ0v) is 27.8. The van der Waals surface area contributed by atoms with Gasteiger partial charge in [-0.3, -0.25) is 5.41 Å². The summed E-state index contributed by atoms with van der Waals surface area (Å²) in [6.45, 7) is 0. The zero-order valence-electron chi connectivity index (χ0n) is 27.0. The molecule has 0 unspecified atom stereocenters. The van der Waals surface area contributed by atoms with E-state index in [0.717, 1.165) is 55.1 Å². The predicted octanol–water partition coefficient (Wildman–Crippen LogP) is 11.7. The monoisotopic (exact) mass is 658 g/mol. The van der Waals surface area contributed by atoms with E-state index in [4.69, 9.17) is 9.98 Å². The Morgan fingerprint density at radius 3 is 2.04 bits per heavy atom. The van der Waals surface area contributed by atoms with Gasteiger partial charge in [-0.15, -0.1) is 11.3 Å². The van der Waals surface area contributed by atoms with Crippen LogP contribution >= 0.6 is 11.3 Å². The van der Waals surface area contributed by atoms with Crippen molar-refractivity contribution in [2.24, 2.45) is 9.98 Å². The summed E-state index contributed by atoms with van der Waals surface area (Å²) in [7, 11) is 0. The Kier molecular flexibility index (Phi) is 7.45. The normalized spacial score (nSPS) is 12.1. The highest BCUT2D eigenvalue weighted by Crippen LogP contribution is 2.36. The second-order valence-electron chi connectivity index (χ2n) is 12.2. The van der Waals surface area contributed by atoms with Crippen LogP contribution in [0.1, 0.15) is 16.7 Å². The summed E-state index contributed by atoms with van der Waals surface area (Å²) in [6, 6.07) is 58.5. The number of hydrogen-bond acceptors (Lipinski definition) is 2. The summed E-state index contributed by atoms with van der Waals surface area (Å²) in [6.07, 6.45) is 1.85. The smallest absolute Gasteiger partial charge is 0.163 e. The number of nitrogens with one attached hydrogen (secondary N) is 1. The molecule has 0 saturated carbocycles. The van der Waals surface area contributed by atoms with Gasteiger partial charge in [0.2, 0.25) is 0 Å². The minimum absolute atomic E-state index is 0.160. The van der Waals surface area contributed by atoms with Crippen LogP contribution in [0.4, 0.5) is 0 Å². The first-order valence-corrected chi connectivity index (χ1v) is 17.4. The first kappa shape index (κ1) is 29.7. The molecule has 236 valence electrons. The van der Waals surface area contributed by atoms with Crippen molar-refractivity contribution in [2.75, 3.05) is 0 Å². The summed E-state index contributed by atoms with van der Waals surface area (Å²) in [5.74, 6) is 0.635. The molecule has 2 heterocycles. The van der Waals surface area contributed by atoms with Gasteiger partial charge in [-0.05, 0) is 65.2 Å². The number of aromatic nitrogens is 1. The van der Waals surface area contributed by atoms with E-state index in [1.165, 1.54) is 20.3 Å². The van der Waals surface area contributed by atoms with Crippen molar-refractivity contribution in [1.82, 2.24) is 4.57 Å². The number of fused-ring (bicyclic) bond motifs is 6. The molecule has 9 rings (SSSR count). The maximum absolute atomic E-state index is 9.32. The van der Waals surface area contributed by atoms with Crippen LogP contribution in [0.2, 0.25) is 0 Å². The molecule has 0 aliphatic rings. The van der Waals surface area contributed by atoms with E-state index in [2.05, 4.69) is 156 Å². The van der Waals surface area contributed by atoms with Crippen molar-refractivity contribution in [3.05, 3.63) is 187 Å². The Morgan fingerprint density at radius 2 is 1.22 bits per heavy atom. The summed E-state index contributed by atoms with van der Waals surface area (Å²) in [5, 5.41) is 13.9. The third kappa shape index (κ3) is 5.30. The lowest BCUT2D eigenvalue weighted by Gasteiger charge is -2.12. The maximum Gasteiger partial charge on any atom is 0.163 e. The van der Waals surface area contributed by atoms with Gasteiger partial charge in [-0.25, -0.2) is 9.98 Å². The van der Waals surface area contributed by atoms with Gasteiger partial charge in [0.05, 0.1) is 11.0 Å². The van der Waals surface area contributed by atoms with E-state index in [0.29, 0.717) is 5.84 Å². The Balaban J connectivity index is 1.22. The van der Waals surface area contributed by atoms with Crippen molar-refractivity contribution in [3.63, 3.8) is 0 Å². The van der Waals surface area contributed by atoms with Crippen LogP contribution in [-0.2, 0) is 0 Å². The SMILES string of the molecule is N=C(N=C(N=Cc1ccc(-c2ccccc2)cc1)c1cccc2c3ccccc3n(-c3ccccc3)c12)c1ccc2sc3ccccc3c2c1. The summed E-state index contributed by atoms with van der Waals surface area (Å²) in [4.78, 5) is 10.1. The van der Waals surface area contributed by atoms with Crippen LogP contribution in [0.15, 0.2) is 180 Å². The molecule has 9 aromatic rings. The Bertz CT molecular complexity index is 2750. The molecule has 2 aromatic heterocycles. The lowest BCUT2D eigenvalue weighted by atomic mass is 10.0. The van der Waals surface area contributed by atoms with E-state index in [1.807, 2.05) is 24.4 Å². The zero-order chi connectivity index (χ0) is 33.4. The van der Waals surface area contributed by atoms with Crippen molar-refractivity contribution in [1.29, 1.82) is 5.41 Å². The largest absolute Gasteiger partial charge is 0.309 e. The molecule has 1 N–H and O–H groups in total. The van der Waals surface area contributed by atoms with E-state index in [9.17, 15) is 5.41 Å². The molecule has 0 spiro atoms. The molecule has 4 nitrogen and oxygen atoms in total. The van der Waals surface area contributed by atoms with Gasteiger partial charge in [0, 0.05) is 54.0 Å². The van der Waals surface area contributed by atoms with Crippen LogP contribution in [0, 0.1) is 5.41 Å². The molecule has 0 saturated heterocycles. The third-order valence-electron chi connectivity index (χ3n) is 9.17. The minimum Gasteiger partial charge on any atom is -0.309 e. The fourth-order valence-electron chi connectivity index (χ4n) is 6.77. The molecule has 0 fully saturated rings. The number of benzene rings is 7. The molecule has 0 atom stereocenters. The quantitative estimate of drug-likeness (QED) is 0.141. The van der Waals surface area contributed by atoms with Gasteiger partial charge in [0.1, 0.15) is 0 Å². The molecule has 0 radical (unpaired) electrons. The Morgan fingerprint density at radius 1 is 0.560 bits per heavy atom. The van der Waals surface area contributed by atoms with Crippen LogP contribution in [-0.4, -0.2) is 22.5 Å². The van der Waals surface area contributed by atoms with E-state index in [-0.39, 0.29) is 5.84 Å². The van der Waals surface area contributed by atoms with E-state index in [1.54, 1.807) is 11.3 Å². The molecule has 0 aliphatic carbocycles. The van der Waals surface area contributed by atoms with E-state index >= 15 is 0 Å². The topological polar surface area (TPSA) is 53.5 Å². The van der Waals surface area contributed by atoms with Gasteiger partial charge < -0.3 is 4.57 Å². The highest BCUT2D eigenvalue weighted by Gasteiger charge is 2.19. The highest BCUT2D eigenvalue weighted by atomic mass is 32.1. The van der Waals surface area contributed by atoms with Crippen LogP contribution in [0.3, 0.4) is 0 Å². The number of aliphatic imine (C=N–C) groups is 2. The number of para-hydroxylation sites is 3. The molecular formula is C45H30N4S. The van der Waals surface area contributed by atoms with Crippen molar-refractivity contribution in [3.8, 4) is 16.8 Å². The van der Waals surface area contributed by atoms with Gasteiger partial charge in [-0.2, -0.15) is 0 Å². The average Bonchev–Trinajstić information content (AvgIpc) is 3.73. The van der Waals surface area contributed by atoms with Gasteiger partial charge >= 0.3 is 0 Å². The van der Waals surface area contributed by atoms with Crippen molar-refractivity contribution >= 4 is 71.2 Å². The Hall–Kier alpha value is -6.43. The van der Waals surface area contributed by atoms with E-state index < -0.39 is 0 Å². The van der Waals surface area contributed by atoms with Gasteiger partial charge in [0.15, 0.2) is 11.7 Å². The lowest BCUT2D eigenvalue weighted by molar-refractivity contribution is 1.18. The highest BCUT2D eigenvalue weighted by molar-refractivity contribution is 7.25. The molecule has 50 heavy (non-hydrogen) atoms. The molecule has 5 heteroatoms. The molecule has 0 bridgehead atoms. The molecular weight excluding hydrogens is 629 g/mol. The Labute approximate surface area is 293 Å². The van der Waals surface area contributed by atoms with Crippen LogP contribution in [0.25, 0.3) is 58.8 Å². The predicted molar refractivity (Wildman–Crippen MR) is 213 cm³/mol. The number of amidine groups is 2. The maximum atomic E-state index is 9.32. The van der Waals surface area contributed by atoms with Gasteiger partial charge in [-0.1, -0.05) is 121 Å². The molecule has 0 amide bonds. The minimum atomic E-state index is 0.160. The van der Waals surface area contributed by atoms with Crippen LogP contribution < -0.4 is 0 Å². The average molecular weight is 659 g/mol. The number of hydrogen-bond donors (Lipinski definition) is 1. The third-order valence-corrected chi connectivity index (χ3v) is 10.3. The number of rotatable bonds is 5. The van der Waals surface area contributed by atoms with Crippen molar-refractivity contribution in [2.45, 2.75) is 0 Å². The fourth-order valence-corrected chi connectivity index (χ4v) is 7.86. The van der Waals surface area contributed by atoms with Crippen LogP contribution in [0.5, 0.6) is 0 Å². The summed E-state index contributed by atoms with van der Waals surface area (Å²) in [5.41, 5.74) is 8.02. The first-order chi connectivity index (χ1) is 24.7. The first-order valence-electron chi connectivity index (χ1n) is 16.6. The van der Waals surface area contributed by atoms with Gasteiger partial charge in [0.25, 0.3) is 0 Å².